The molecule has 0 atom stereocenters. The van der Waals surface area contributed by atoms with Crippen LogP contribution < -0.4 is 9.64 Å². The van der Waals surface area contributed by atoms with Gasteiger partial charge in [0.1, 0.15) is 29.8 Å². The van der Waals surface area contributed by atoms with E-state index in [4.69, 9.17) is 4.74 Å². The van der Waals surface area contributed by atoms with Gasteiger partial charge in [-0.2, -0.15) is 5.26 Å². The molecule has 2 aromatic heterocycles. The average Bonchev–Trinajstić information content (AvgIpc) is 2.96. The Bertz CT molecular complexity index is 1020. The topological polar surface area (TPSA) is 82.3 Å². The summed E-state index contributed by atoms with van der Waals surface area (Å²) in [5, 5.41) is 9.19. The van der Waals surface area contributed by atoms with Gasteiger partial charge in [0.15, 0.2) is 17.3 Å². The Balaban J connectivity index is 1.48. The van der Waals surface area contributed by atoms with Crippen LogP contribution in [-0.2, 0) is 11.3 Å². The predicted octanol–water partition coefficient (Wildman–Crippen LogP) is 2.36. The number of piperidine rings is 1. The number of amides is 1. The number of alkyl halides is 1. The number of carbonyl (C=O) groups is 1. The zero-order chi connectivity index (χ0) is 21.3. The fourth-order valence-electron chi connectivity index (χ4n) is 3.78. The van der Waals surface area contributed by atoms with Crippen LogP contribution in [0.25, 0.3) is 0 Å². The molecule has 0 spiro atoms. The first-order valence-corrected chi connectivity index (χ1v) is 9.45. The lowest BCUT2D eigenvalue weighted by Crippen LogP contribution is -2.53. The average molecular weight is 417 g/mol. The summed E-state index contributed by atoms with van der Waals surface area (Å²) in [6.07, 6.45) is 3.48. The van der Waals surface area contributed by atoms with Crippen LogP contribution in [0.3, 0.4) is 0 Å². The molecule has 156 valence electrons. The monoisotopic (exact) mass is 417 g/mol. The van der Waals surface area contributed by atoms with Crippen molar-refractivity contribution in [2.45, 2.75) is 25.1 Å². The summed E-state index contributed by atoms with van der Waals surface area (Å²) in [6.45, 7) is 0.518. The number of hydrogen-bond acceptors (Lipinski definition) is 6. The molecule has 10 heteroatoms. The molecule has 2 aliphatic heterocycles. The van der Waals surface area contributed by atoms with Crippen LogP contribution in [0.15, 0.2) is 24.7 Å². The maximum atomic E-state index is 15.6. The molecule has 1 saturated heterocycles. The third-order valence-electron chi connectivity index (χ3n) is 5.37. The second kappa shape index (κ2) is 7.82. The third-order valence-corrected chi connectivity index (χ3v) is 5.37. The van der Waals surface area contributed by atoms with Gasteiger partial charge in [-0.15, -0.1) is 0 Å². The number of carbonyl (C=O) groups excluding carboxylic acids is 1. The maximum Gasteiger partial charge on any atom is 0.260 e. The number of pyridine rings is 2. The Hall–Kier alpha value is -3.35. The normalized spacial score (nSPS) is 18.1. The Kier molecular flexibility index (Phi) is 5.20. The number of anilines is 1. The number of ether oxygens (including phenoxy) is 1. The molecule has 4 rings (SSSR count). The number of nitrogens with zero attached hydrogens (tertiary/aromatic N) is 5. The van der Waals surface area contributed by atoms with Crippen molar-refractivity contribution >= 4 is 11.7 Å². The van der Waals surface area contributed by atoms with Crippen LogP contribution in [0.1, 0.15) is 24.0 Å². The molecule has 0 unspecified atom stereocenters. The molecule has 0 bridgehead atoms. The molecule has 0 aliphatic carbocycles. The zero-order valence-corrected chi connectivity index (χ0v) is 15.9. The van der Waals surface area contributed by atoms with Crippen LogP contribution in [0.5, 0.6) is 5.75 Å². The SMILES string of the molecule is N#Cc1cncc2c1OCCN(C(=O)C1(F)CCN(c3ncc(F)cc3F)CC1)C2. The highest BCUT2D eigenvalue weighted by molar-refractivity contribution is 5.85. The highest BCUT2D eigenvalue weighted by Gasteiger charge is 2.45. The Labute approximate surface area is 170 Å². The van der Waals surface area contributed by atoms with Crippen molar-refractivity contribution in [2.24, 2.45) is 0 Å². The van der Waals surface area contributed by atoms with Crippen LogP contribution >= 0.6 is 0 Å². The van der Waals surface area contributed by atoms with E-state index < -0.39 is 23.2 Å². The standard InChI is InChI=1S/C20H18F3N5O2/c21-15-7-16(22)18(26-11-15)27-3-1-20(23,2-4-27)19(29)28-5-6-30-17-13(8-24)9-25-10-14(17)12-28/h7,9-11H,1-6,12H2. The van der Waals surface area contributed by atoms with Crippen molar-refractivity contribution in [3.05, 3.63) is 47.4 Å². The number of aromatic nitrogens is 2. The first-order valence-electron chi connectivity index (χ1n) is 9.45. The minimum Gasteiger partial charge on any atom is -0.490 e. The lowest BCUT2D eigenvalue weighted by molar-refractivity contribution is -0.146. The van der Waals surface area contributed by atoms with Gasteiger partial charge in [0.2, 0.25) is 0 Å². The summed E-state index contributed by atoms with van der Waals surface area (Å²) in [6, 6.07) is 2.72. The molecular formula is C20H18F3N5O2. The first kappa shape index (κ1) is 19.9. The number of halogens is 3. The van der Waals surface area contributed by atoms with Crippen LogP contribution in [0.4, 0.5) is 19.0 Å². The zero-order valence-electron chi connectivity index (χ0n) is 15.9. The van der Waals surface area contributed by atoms with E-state index in [0.717, 1.165) is 12.3 Å². The van der Waals surface area contributed by atoms with Crippen molar-refractivity contribution in [3.8, 4) is 11.8 Å². The fraction of sp³-hybridized carbons (Fsp3) is 0.400. The van der Waals surface area contributed by atoms with Crippen LogP contribution in [0.2, 0.25) is 0 Å². The van der Waals surface area contributed by atoms with Crippen molar-refractivity contribution < 1.29 is 22.7 Å². The van der Waals surface area contributed by atoms with Crippen molar-refractivity contribution in [1.29, 1.82) is 5.26 Å². The van der Waals surface area contributed by atoms with E-state index in [1.165, 1.54) is 22.2 Å². The summed E-state index contributed by atoms with van der Waals surface area (Å²) in [5.41, 5.74) is -1.31. The maximum absolute atomic E-state index is 15.6. The first-order chi connectivity index (χ1) is 14.4. The van der Waals surface area contributed by atoms with Crippen LogP contribution in [-0.4, -0.2) is 52.7 Å². The summed E-state index contributed by atoms with van der Waals surface area (Å²) in [5.74, 6) is -1.98. The predicted molar refractivity (Wildman–Crippen MR) is 99.3 cm³/mol. The molecule has 7 nitrogen and oxygen atoms in total. The van der Waals surface area contributed by atoms with Gasteiger partial charge in [0.25, 0.3) is 5.91 Å². The highest BCUT2D eigenvalue weighted by atomic mass is 19.1. The molecule has 0 aromatic carbocycles. The molecule has 1 fully saturated rings. The lowest BCUT2D eigenvalue weighted by atomic mass is 9.91. The van der Waals surface area contributed by atoms with Gasteiger partial charge in [-0.3, -0.25) is 9.78 Å². The molecular weight excluding hydrogens is 399 g/mol. The van der Waals surface area contributed by atoms with Crippen molar-refractivity contribution in [2.75, 3.05) is 31.1 Å². The Morgan fingerprint density at radius 1 is 1.20 bits per heavy atom. The van der Waals surface area contributed by atoms with Gasteiger partial charge >= 0.3 is 0 Å². The van der Waals surface area contributed by atoms with E-state index >= 15 is 4.39 Å². The third kappa shape index (κ3) is 3.63. The number of nitriles is 1. The Morgan fingerprint density at radius 3 is 2.67 bits per heavy atom. The van der Waals surface area contributed by atoms with Crippen molar-refractivity contribution in [1.82, 2.24) is 14.9 Å². The highest BCUT2D eigenvalue weighted by Crippen LogP contribution is 2.33. The van der Waals surface area contributed by atoms with Crippen LogP contribution in [0, 0.1) is 23.0 Å². The van der Waals surface area contributed by atoms with Gasteiger partial charge in [-0.1, -0.05) is 0 Å². The fourth-order valence-corrected chi connectivity index (χ4v) is 3.78. The van der Waals surface area contributed by atoms with E-state index in [2.05, 4.69) is 9.97 Å². The Morgan fingerprint density at radius 2 is 1.97 bits per heavy atom. The lowest BCUT2D eigenvalue weighted by Gasteiger charge is -2.38. The van der Waals surface area contributed by atoms with Gasteiger partial charge in [0.05, 0.1) is 19.3 Å². The summed E-state index contributed by atoms with van der Waals surface area (Å²) >= 11 is 0. The summed E-state index contributed by atoms with van der Waals surface area (Å²) in [7, 11) is 0. The quantitative estimate of drug-likeness (QED) is 0.746. The molecule has 1 amide bonds. The second-order valence-corrected chi connectivity index (χ2v) is 7.27. The largest absolute Gasteiger partial charge is 0.490 e. The van der Waals surface area contributed by atoms with Gasteiger partial charge in [-0.05, 0) is 0 Å². The second-order valence-electron chi connectivity index (χ2n) is 7.27. The van der Waals surface area contributed by atoms with E-state index in [9.17, 15) is 18.8 Å². The molecule has 2 aromatic rings. The van der Waals surface area contributed by atoms with E-state index in [0.29, 0.717) is 11.3 Å². The summed E-state index contributed by atoms with van der Waals surface area (Å²) < 4.78 is 48.2. The smallest absolute Gasteiger partial charge is 0.260 e. The van der Waals surface area contributed by atoms with Gasteiger partial charge in [-0.25, -0.2) is 18.2 Å². The number of rotatable bonds is 2. The summed E-state index contributed by atoms with van der Waals surface area (Å²) in [4.78, 5) is 23.6. The molecule has 4 heterocycles. The van der Waals surface area contributed by atoms with Gasteiger partial charge < -0.3 is 14.5 Å². The molecule has 0 saturated carbocycles. The minimum absolute atomic E-state index is 0.0573. The molecule has 0 radical (unpaired) electrons. The van der Waals surface area contributed by atoms with E-state index in [1.54, 1.807) is 0 Å². The molecule has 30 heavy (non-hydrogen) atoms. The van der Waals surface area contributed by atoms with E-state index in [-0.39, 0.29) is 57.0 Å². The number of fused-ring (bicyclic) bond motifs is 1. The molecule has 0 N–H and O–H groups in total. The number of hydrogen-bond donors (Lipinski definition) is 0. The molecule has 2 aliphatic rings. The minimum atomic E-state index is -2.11. The van der Waals surface area contributed by atoms with E-state index in [1.807, 2.05) is 6.07 Å². The van der Waals surface area contributed by atoms with Gasteiger partial charge in [0, 0.05) is 50.0 Å². The van der Waals surface area contributed by atoms with Crippen molar-refractivity contribution in [3.63, 3.8) is 0 Å².